The van der Waals surface area contributed by atoms with Crippen molar-refractivity contribution in [3.63, 3.8) is 0 Å². The van der Waals surface area contributed by atoms with E-state index in [1.54, 1.807) is 31.3 Å². The fourth-order valence-corrected chi connectivity index (χ4v) is 1.53. The van der Waals surface area contributed by atoms with E-state index in [-0.39, 0.29) is 17.8 Å². The van der Waals surface area contributed by atoms with Gasteiger partial charge < -0.3 is 9.64 Å². The normalized spacial score (nSPS) is 9.82. The lowest BCUT2D eigenvalue weighted by Gasteiger charge is -2.15. The lowest BCUT2D eigenvalue weighted by molar-refractivity contribution is -0.127. The Morgan fingerprint density at radius 1 is 1.29 bits per heavy atom. The van der Waals surface area contributed by atoms with Crippen LogP contribution >= 0.6 is 11.6 Å². The molecule has 0 aliphatic rings. The van der Waals surface area contributed by atoms with E-state index in [2.05, 4.69) is 4.74 Å². The molecule has 1 aromatic carbocycles. The Bertz CT molecular complexity index is 403. The van der Waals surface area contributed by atoms with Crippen LogP contribution in [0.2, 0.25) is 0 Å². The number of carbonyl (C=O) groups excluding carboxylic acids is 2. The van der Waals surface area contributed by atoms with Gasteiger partial charge in [0.25, 0.3) is 0 Å². The Morgan fingerprint density at radius 2 is 1.88 bits per heavy atom. The molecule has 0 aliphatic carbocycles. The fourth-order valence-electron chi connectivity index (χ4n) is 1.33. The number of halogens is 1. The van der Waals surface area contributed by atoms with Gasteiger partial charge in [-0.15, -0.1) is 11.6 Å². The van der Waals surface area contributed by atoms with Crippen LogP contribution in [0.4, 0.5) is 0 Å². The summed E-state index contributed by atoms with van der Waals surface area (Å²) in [5.41, 5.74) is 1.42. The van der Waals surface area contributed by atoms with Crippen LogP contribution < -0.4 is 0 Å². The summed E-state index contributed by atoms with van der Waals surface area (Å²) in [6, 6.07) is 6.90. The quantitative estimate of drug-likeness (QED) is 0.607. The summed E-state index contributed by atoms with van der Waals surface area (Å²) in [5.74, 6) is -0.540. The highest BCUT2D eigenvalue weighted by atomic mass is 35.5. The van der Waals surface area contributed by atoms with Crippen LogP contribution in [0.3, 0.4) is 0 Å². The zero-order chi connectivity index (χ0) is 12.8. The summed E-state index contributed by atoms with van der Waals surface area (Å²) in [7, 11) is 3.02. The number of amides is 1. The van der Waals surface area contributed by atoms with Crippen molar-refractivity contribution in [3.05, 3.63) is 35.4 Å². The maximum atomic E-state index is 11.3. The minimum Gasteiger partial charge on any atom is -0.465 e. The van der Waals surface area contributed by atoms with E-state index in [0.717, 1.165) is 5.56 Å². The molecule has 0 spiro atoms. The van der Waals surface area contributed by atoms with Gasteiger partial charge in [0, 0.05) is 13.6 Å². The monoisotopic (exact) mass is 255 g/mol. The molecule has 0 fully saturated rings. The zero-order valence-corrected chi connectivity index (χ0v) is 10.5. The third kappa shape index (κ3) is 3.75. The number of hydrogen-bond donors (Lipinski definition) is 0. The average molecular weight is 256 g/mol. The fraction of sp³-hybridized carbons (Fsp3) is 0.333. The second kappa shape index (κ2) is 6.25. The van der Waals surface area contributed by atoms with Crippen LogP contribution in [0, 0.1) is 0 Å². The van der Waals surface area contributed by atoms with Gasteiger partial charge in [-0.2, -0.15) is 0 Å². The molecule has 17 heavy (non-hydrogen) atoms. The van der Waals surface area contributed by atoms with E-state index in [4.69, 9.17) is 11.6 Å². The molecule has 0 radical (unpaired) electrons. The van der Waals surface area contributed by atoms with E-state index in [9.17, 15) is 9.59 Å². The summed E-state index contributed by atoms with van der Waals surface area (Å²) in [4.78, 5) is 24.0. The first-order chi connectivity index (χ1) is 8.08. The SMILES string of the molecule is COC(=O)c1ccc(CN(C)C(=O)CCl)cc1. The van der Waals surface area contributed by atoms with Crippen molar-refractivity contribution in [1.29, 1.82) is 0 Å². The van der Waals surface area contributed by atoms with Crippen molar-refractivity contribution in [3.8, 4) is 0 Å². The van der Waals surface area contributed by atoms with Gasteiger partial charge in [-0.1, -0.05) is 12.1 Å². The molecule has 0 heterocycles. The minimum absolute atomic E-state index is 0.0310. The lowest BCUT2D eigenvalue weighted by atomic mass is 10.1. The van der Waals surface area contributed by atoms with E-state index >= 15 is 0 Å². The number of carbonyl (C=O) groups is 2. The molecule has 0 saturated carbocycles. The Labute approximate surface area is 105 Å². The Morgan fingerprint density at radius 3 is 2.35 bits per heavy atom. The van der Waals surface area contributed by atoms with Crippen molar-refractivity contribution in [1.82, 2.24) is 4.90 Å². The number of benzene rings is 1. The highest BCUT2D eigenvalue weighted by molar-refractivity contribution is 6.27. The first-order valence-electron chi connectivity index (χ1n) is 5.05. The number of rotatable bonds is 4. The molecule has 1 aromatic rings. The molecule has 0 aromatic heterocycles. The van der Waals surface area contributed by atoms with Crippen molar-refractivity contribution in [2.45, 2.75) is 6.54 Å². The number of alkyl halides is 1. The molecular weight excluding hydrogens is 242 g/mol. The van der Waals surface area contributed by atoms with E-state index in [1.807, 2.05) is 0 Å². The molecule has 1 amide bonds. The summed E-state index contributed by atoms with van der Waals surface area (Å²) in [5, 5.41) is 0. The van der Waals surface area contributed by atoms with Crippen molar-refractivity contribution in [2.24, 2.45) is 0 Å². The number of esters is 1. The highest BCUT2D eigenvalue weighted by Gasteiger charge is 2.08. The third-order valence-corrected chi connectivity index (χ3v) is 2.56. The standard InChI is InChI=1S/C12H14ClNO3/c1-14(11(15)7-13)8-9-3-5-10(6-4-9)12(16)17-2/h3-6H,7-8H2,1-2H3. The zero-order valence-electron chi connectivity index (χ0n) is 9.77. The molecule has 0 saturated heterocycles. The summed E-state index contributed by atoms with van der Waals surface area (Å²) in [6.07, 6.45) is 0. The van der Waals surface area contributed by atoms with Crippen LogP contribution in [0.15, 0.2) is 24.3 Å². The number of hydrogen-bond acceptors (Lipinski definition) is 3. The molecule has 5 heteroatoms. The summed E-state index contributed by atoms with van der Waals surface area (Å²) >= 11 is 5.45. The first-order valence-corrected chi connectivity index (χ1v) is 5.59. The Hall–Kier alpha value is -1.55. The smallest absolute Gasteiger partial charge is 0.337 e. The Balaban J connectivity index is 2.68. The van der Waals surface area contributed by atoms with E-state index in [1.165, 1.54) is 12.0 Å². The van der Waals surface area contributed by atoms with Crippen LogP contribution in [-0.2, 0) is 16.1 Å². The van der Waals surface area contributed by atoms with Gasteiger partial charge in [-0.25, -0.2) is 4.79 Å². The molecule has 0 aliphatic heterocycles. The van der Waals surface area contributed by atoms with Gasteiger partial charge in [-0.3, -0.25) is 4.79 Å². The van der Waals surface area contributed by atoms with Crippen molar-refractivity contribution < 1.29 is 14.3 Å². The van der Waals surface area contributed by atoms with Crippen molar-refractivity contribution in [2.75, 3.05) is 20.0 Å². The highest BCUT2D eigenvalue weighted by Crippen LogP contribution is 2.08. The van der Waals surface area contributed by atoms with Crippen LogP contribution in [0.25, 0.3) is 0 Å². The summed E-state index contributed by atoms with van der Waals surface area (Å²) < 4.78 is 4.59. The second-order valence-corrected chi connectivity index (χ2v) is 3.84. The molecule has 0 bridgehead atoms. The molecule has 0 unspecified atom stereocenters. The van der Waals surface area contributed by atoms with Gasteiger partial charge in [0.2, 0.25) is 5.91 Å². The van der Waals surface area contributed by atoms with Gasteiger partial charge in [0.1, 0.15) is 5.88 Å². The Kier molecular flexibility index (Phi) is 4.97. The van der Waals surface area contributed by atoms with E-state index in [0.29, 0.717) is 12.1 Å². The topological polar surface area (TPSA) is 46.6 Å². The van der Waals surface area contributed by atoms with Crippen LogP contribution in [-0.4, -0.2) is 36.8 Å². The largest absolute Gasteiger partial charge is 0.465 e. The minimum atomic E-state index is -0.373. The number of methoxy groups -OCH3 is 1. The predicted octanol–water partition coefficient (Wildman–Crippen LogP) is 1.67. The first kappa shape index (κ1) is 13.5. The number of nitrogens with zero attached hydrogens (tertiary/aromatic N) is 1. The second-order valence-electron chi connectivity index (χ2n) is 3.57. The number of ether oxygens (including phenoxy) is 1. The average Bonchev–Trinajstić information content (AvgIpc) is 2.37. The van der Waals surface area contributed by atoms with Crippen LogP contribution in [0.5, 0.6) is 0 Å². The third-order valence-electron chi connectivity index (χ3n) is 2.33. The molecular formula is C12H14ClNO3. The maximum absolute atomic E-state index is 11.3. The van der Waals surface area contributed by atoms with Gasteiger partial charge in [0.05, 0.1) is 12.7 Å². The van der Waals surface area contributed by atoms with Crippen molar-refractivity contribution >= 4 is 23.5 Å². The molecule has 92 valence electrons. The maximum Gasteiger partial charge on any atom is 0.337 e. The molecule has 0 N–H and O–H groups in total. The molecule has 0 atom stereocenters. The van der Waals surface area contributed by atoms with Gasteiger partial charge in [-0.05, 0) is 17.7 Å². The van der Waals surface area contributed by atoms with Crippen LogP contribution in [0.1, 0.15) is 15.9 Å². The predicted molar refractivity (Wildman–Crippen MR) is 65.0 cm³/mol. The lowest BCUT2D eigenvalue weighted by Crippen LogP contribution is -2.27. The van der Waals surface area contributed by atoms with Gasteiger partial charge in [0.15, 0.2) is 0 Å². The molecule has 1 rings (SSSR count). The van der Waals surface area contributed by atoms with Gasteiger partial charge >= 0.3 is 5.97 Å². The van der Waals surface area contributed by atoms with E-state index < -0.39 is 0 Å². The summed E-state index contributed by atoms with van der Waals surface area (Å²) in [6.45, 7) is 0.465. The molecule has 4 nitrogen and oxygen atoms in total.